The Balaban J connectivity index is 1.19. The van der Waals surface area contributed by atoms with Crippen molar-refractivity contribution in [3.8, 4) is 0 Å². The summed E-state index contributed by atoms with van der Waals surface area (Å²) in [7, 11) is -0.107. The number of thioether (sulfide) groups is 2. The minimum absolute atomic E-state index is 0.107. The minimum Gasteiger partial charge on any atom is -0.334 e. The Morgan fingerprint density at radius 3 is 2.00 bits per heavy atom. The number of fused-ring (bicyclic) bond motifs is 9. The van der Waals surface area contributed by atoms with Crippen molar-refractivity contribution in [2.45, 2.75) is 107 Å². The molecule has 3 aromatic carbocycles. The highest BCUT2D eigenvalue weighted by atomic mass is 127. The van der Waals surface area contributed by atoms with Gasteiger partial charge in [-0.15, -0.1) is 23.5 Å². The van der Waals surface area contributed by atoms with Crippen molar-refractivity contribution in [3.05, 3.63) is 77.8 Å². The van der Waals surface area contributed by atoms with E-state index in [-0.39, 0.29) is 13.3 Å². The lowest BCUT2D eigenvalue weighted by Crippen LogP contribution is -2.63. The summed E-state index contributed by atoms with van der Waals surface area (Å²) >= 11 is 9.10. The second-order valence-electron chi connectivity index (χ2n) is 14.3. The number of unbranched alkanes of at least 4 members (excludes halogenated alkanes) is 10. The van der Waals surface area contributed by atoms with Gasteiger partial charge in [0, 0.05) is 49.6 Å². The van der Waals surface area contributed by atoms with E-state index in [2.05, 4.69) is 145 Å². The lowest BCUT2D eigenvalue weighted by Gasteiger charge is -2.39. The Bertz CT molecular complexity index is 2330. The van der Waals surface area contributed by atoms with E-state index in [1.807, 2.05) is 0 Å². The molecule has 0 N–H and O–H groups in total. The molecule has 0 amide bonds. The van der Waals surface area contributed by atoms with E-state index >= 15 is 0 Å². The largest absolute Gasteiger partial charge is 0.522 e. The van der Waals surface area contributed by atoms with E-state index in [0.29, 0.717) is 0 Å². The van der Waals surface area contributed by atoms with Gasteiger partial charge in [-0.3, -0.25) is 0 Å². The van der Waals surface area contributed by atoms with Gasteiger partial charge in [0.25, 0.3) is 0 Å². The second-order valence-corrected chi connectivity index (χ2v) is 18.9. The van der Waals surface area contributed by atoms with Gasteiger partial charge in [0.2, 0.25) is 0 Å². The fraction of sp³-hybridized carbons (Fsp3) is 0.425. The molecule has 0 bridgehead atoms. The summed E-state index contributed by atoms with van der Waals surface area (Å²) in [6, 6.07) is 18.2. The van der Waals surface area contributed by atoms with Crippen LogP contribution in [0, 0.1) is 7.14 Å². The SMILES string of the molecule is CCCCCCCCSc1cc2c3n4c(c2cc1SCCCCCCCC)=NC1c2c(I)cccc2C2=Nc5c6c(I)cccc6c(n5B4N21)N=3. The average molecular weight is 937 g/mol. The predicted octanol–water partition coefficient (Wildman–Crippen LogP) is 11.4. The molecule has 4 aliphatic rings. The third-order valence-electron chi connectivity index (χ3n) is 10.9. The number of amidine groups is 1. The highest BCUT2D eigenvalue weighted by Gasteiger charge is 2.53. The molecule has 5 aromatic rings. The summed E-state index contributed by atoms with van der Waals surface area (Å²) < 4.78 is 7.28. The van der Waals surface area contributed by atoms with Crippen molar-refractivity contribution in [2.75, 3.05) is 11.5 Å². The Labute approximate surface area is 336 Å². The van der Waals surface area contributed by atoms with Crippen LogP contribution in [-0.4, -0.2) is 38.2 Å². The third kappa shape index (κ3) is 5.84. The summed E-state index contributed by atoms with van der Waals surface area (Å²) in [4.78, 5) is 21.9. The zero-order valence-electron chi connectivity index (χ0n) is 29.4. The van der Waals surface area contributed by atoms with Gasteiger partial charge in [-0.05, 0) is 93.8 Å². The summed E-state index contributed by atoms with van der Waals surface area (Å²) in [6.07, 6.45) is 15.8. The molecule has 2 aromatic heterocycles. The maximum Gasteiger partial charge on any atom is 0.522 e. The van der Waals surface area contributed by atoms with Crippen LogP contribution in [0.25, 0.3) is 21.5 Å². The van der Waals surface area contributed by atoms with Crippen LogP contribution in [0.15, 0.2) is 73.3 Å². The van der Waals surface area contributed by atoms with Gasteiger partial charge in [-0.2, -0.15) is 0 Å². The maximum atomic E-state index is 5.65. The van der Waals surface area contributed by atoms with Crippen LogP contribution >= 0.6 is 68.7 Å². The second kappa shape index (κ2) is 14.7. The van der Waals surface area contributed by atoms with Crippen molar-refractivity contribution >= 4 is 115 Å². The molecule has 0 radical (unpaired) electrons. The van der Waals surface area contributed by atoms with Gasteiger partial charge >= 0.3 is 7.12 Å². The maximum absolute atomic E-state index is 5.65. The number of nitrogens with zero attached hydrogens (tertiary/aromatic N) is 6. The van der Waals surface area contributed by atoms with Crippen LogP contribution in [0.5, 0.6) is 0 Å². The van der Waals surface area contributed by atoms with Gasteiger partial charge in [0.05, 0.1) is 0 Å². The Kier molecular flexibility index (Phi) is 10.0. The van der Waals surface area contributed by atoms with Gasteiger partial charge < -0.3 is 13.8 Å². The molecule has 4 aliphatic heterocycles. The lowest BCUT2D eigenvalue weighted by atomic mass is 9.85. The molecule has 0 saturated carbocycles. The van der Waals surface area contributed by atoms with Crippen molar-refractivity contribution in [1.82, 2.24) is 13.8 Å². The quantitative estimate of drug-likeness (QED) is 0.0429. The van der Waals surface area contributed by atoms with Crippen LogP contribution in [0.4, 0.5) is 11.6 Å². The van der Waals surface area contributed by atoms with Crippen molar-refractivity contribution in [1.29, 1.82) is 0 Å². The Morgan fingerprint density at radius 1 is 0.667 bits per heavy atom. The summed E-state index contributed by atoms with van der Waals surface area (Å²) in [5.41, 5.74) is 4.56. The number of hydrogen-bond acceptors (Lipinski definition) is 6. The van der Waals surface area contributed by atoms with Gasteiger partial charge in [0.1, 0.15) is 34.6 Å². The Hall–Kier alpha value is -1.97. The molecule has 262 valence electrons. The first kappa shape index (κ1) is 34.8. The summed E-state index contributed by atoms with van der Waals surface area (Å²) in [6.45, 7) is 4.60. The third-order valence-corrected chi connectivity index (χ3v) is 15.2. The zero-order valence-corrected chi connectivity index (χ0v) is 35.4. The summed E-state index contributed by atoms with van der Waals surface area (Å²) in [5, 5.41) is 4.83. The van der Waals surface area contributed by atoms with Crippen LogP contribution in [0.3, 0.4) is 0 Å². The minimum atomic E-state index is -0.125. The normalized spacial score (nSPS) is 16.1. The highest BCUT2D eigenvalue weighted by Crippen LogP contribution is 2.50. The van der Waals surface area contributed by atoms with E-state index in [4.69, 9.17) is 15.0 Å². The number of hydrogen-bond donors (Lipinski definition) is 0. The molecule has 0 aliphatic carbocycles. The molecule has 11 heteroatoms. The monoisotopic (exact) mass is 936 g/mol. The highest BCUT2D eigenvalue weighted by molar-refractivity contribution is 14.1. The van der Waals surface area contributed by atoms with Crippen molar-refractivity contribution in [3.63, 3.8) is 0 Å². The van der Waals surface area contributed by atoms with Crippen LogP contribution < -0.4 is 11.0 Å². The molecule has 1 atom stereocenters. The first-order chi connectivity index (χ1) is 25.1. The van der Waals surface area contributed by atoms with Crippen LogP contribution in [0.2, 0.25) is 0 Å². The molecular formula is C40H43BI2N6S2. The topological polar surface area (TPSA) is 50.2 Å². The number of aliphatic imine (C=N–C) groups is 1. The summed E-state index contributed by atoms with van der Waals surface area (Å²) in [5.74, 6) is 5.38. The molecule has 6 nitrogen and oxygen atoms in total. The first-order valence-corrected chi connectivity index (χ1v) is 23.1. The van der Waals surface area contributed by atoms with Gasteiger partial charge in [-0.1, -0.05) is 102 Å². The standard InChI is InChI=1S/C40H43BI2N6S2/c1-3-5-7-9-11-13-21-50-31-23-27-28(24-32(31)51-22-14-12-10-8-6-4-2)38-46-40-34-26(18-16-20-30(34)43)36-45-39-33-25(17-15-19-29(33)42)35-44-37(27)47(38)41(48(35)39)49(36)40/h15-20,23-24,40H,3-14,21-22H2,1-2H3. The van der Waals surface area contributed by atoms with Crippen molar-refractivity contribution < 1.29 is 0 Å². The van der Waals surface area contributed by atoms with Crippen LogP contribution in [0.1, 0.15) is 108 Å². The van der Waals surface area contributed by atoms with Crippen LogP contribution in [-0.2, 0) is 0 Å². The molecular weight excluding hydrogens is 893 g/mol. The van der Waals surface area contributed by atoms with Gasteiger partial charge in [0.15, 0.2) is 0 Å². The van der Waals surface area contributed by atoms with E-state index in [1.54, 1.807) is 0 Å². The number of aromatic nitrogens is 2. The van der Waals surface area contributed by atoms with E-state index in [1.165, 1.54) is 127 Å². The fourth-order valence-corrected chi connectivity index (χ4v) is 12.2. The van der Waals surface area contributed by atoms with Gasteiger partial charge in [-0.25, -0.2) is 15.0 Å². The molecule has 0 fully saturated rings. The average Bonchev–Trinajstić information content (AvgIpc) is 3.76. The number of rotatable bonds is 16. The van der Waals surface area contributed by atoms with E-state index in [0.717, 1.165) is 40.0 Å². The van der Waals surface area contributed by atoms with Crippen molar-refractivity contribution in [2.24, 2.45) is 15.0 Å². The fourth-order valence-electron chi connectivity index (χ4n) is 8.39. The number of benzene rings is 3. The smallest absolute Gasteiger partial charge is 0.334 e. The zero-order chi connectivity index (χ0) is 34.6. The molecule has 1 unspecified atom stereocenters. The molecule has 0 saturated heterocycles. The molecule has 9 rings (SSSR count). The lowest BCUT2D eigenvalue weighted by molar-refractivity contribution is 0.441. The molecule has 0 spiro atoms. The number of halogens is 2. The van der Waals surface area contributed by atoms with E-state index < -0.39 is 0 Å². The predicted molar refractivity (Wildman–Crippen MR) is 233 cm³/mol. The first-order valence-electron chi connectivity index (χ1n) is 19.0. The Morgan fingerprint density at radius 2 is 1.29 bits per heavy atom. The molecule has 51 heavy (non-hydrogen) atoms. The molecule has 6 heterocycles. The van der Waals surface area contributed by atoms with E-state index in [9.17, 15) is 0 Å².